The zero-order valence-corrected chi connectivity index (χ0v) is 16.4. The third kappa shape index (κ3) is 5.72. The van der Waals surface area contributed by atoms with E-state index in [0.717, 1.165) is 18.6 Å². The van der Waals surface area contributed by atoms with E-state index in [9.17, 15) is 18.4 Å². The van der Waals surface area contributed by atoms with Gasteiger partial charge in [0.2, 0.25) is 5.91 Å². The van der Waals surface area contributed by atoms with E-state index in [1.807, 2.05) is 0 Å². The molecule has 156 valence electrons. The maximum absolute atomic E-state index is 13.9. The van der Waals surface area contributed by atoms with Crippen LogP contribution >= 0.6 is 0 Å². The van der Waals surface area contributed by atoms with Crippen molar-refractivity contribution in [3.63, 3.8) is 0 Å². The van der Waals surface area contributed by atoms with Gasteiger partial charge < -0.3 is 20.7 Å². The number of halogens is 2. The number of nitrogens with two attached hydrogens (primary N) is 1. The molecule has 0 spiro atoms. The maximum Gasteiger partial charge on any atom is 0.257 e. The van der Waals surface area contributed by atoms with Gasteiger partial charge in [-0.1, -0.05) is 19.9 Å². The Balaban J connectivity index is 1.98. The van der Waals surface area contributed by atoms with E-state index in [1.54, 1.807) is 18.7 Å². The molecule has 1 aliphatic heterocycles. The molecule has 1 fully saturated rings. The summed E-state index contributed by atoms with van der Waals surface area (Å²) in [4.78, 5) is 27.0. The van der Waals surface area contributed by atoms with Gasteiger partial charge >= 0.3 is 0 Å². The SMILES string of the molecule is CC(C)C(NC(=O)c1c(F)cccc1F)C(=O)N1CCC(OCCCN)CC1. The number of hydrogen-bond acceptors (Lipinski definition) is 4. The number of benzene rings is 1. The van der Waals surface area contributed by atoms with Gasteiger partial charge in [-0.05, 0) is 43.9 Å². The molecule has 6 nitrogen and oxygen atoms in total. The molecule has 2 rings (SSSR count). The fourth-order valence-corrected chi connectivity index (χ4v) is 3.21. The number of carbonyl (C=O) groups is 2. The second kappa shape index (κ2) is 10.5. The number of amides is 2. The highest BCUT2D eigenvalue weighted by molar-refractivity contribution is 5.98. The maximum atomic E-state index is 13.9. The fourth-order valence-electron chi connectivity index (χ4n) is 3.21. The molecule has 0 aromatic heterocycles. The highest BCUT2D eigenvalue weighted by atomic mass is 19.1. The van der Waals surface area contributed by atoms with Gasteiger partial charge in [0.15, 0.2) is 0 Å². The van der Waals surface area contributed by atoms with Gasteiger partial charge in [0.25, 0.3) is 5.91 Å². The minimum Gasteiger partial charge on any atom is -0.378 e. The minimum atomic E-state index is -0.956. The van der Waals surface area contributed by atoms with Crippen molar-refractivity contribution in [3.8, 4) is 0 Å². The lowest BCUT2D eigenvalue weighted by Gasteiger charge is -2.35. The summed E-state index contributed by atoms with van der Waals surface area (Å²) in [5.41, 5.74) is 4.78. The van der Waals surface area contributed by atoms with Crippen molar-refractivity contribution in [1.29, 1.82) is 0 Å². The Hall–Kier alpha value is -2.06. The van der Waals surface area contributed by atoms with E-state index in [-0.39, 0.29) is 17.9 Å². The molecular formula is C20H29F2N3O3. The third-order valence-electron chi connectivity index (χ3n) is 4.86. The number of carbonyl (C=O) groups excluding carboxylic acids is 2. The zero-order valence-electron chi connectivity index (χ0n) is 16.4. The predicted octanol–water partition coefficient (Wildman–Crippen LogP) is 2.08. The van der Waals surface area contributed by atoms with Gasteiger partial charge in [-0.25, -0.2) is 8.78 Å². The zero-order chi connectivity index (χ0) is 20.7. The largest absolute Gasteiger partial charge is 0.378 e. The van der Waals surface area contributed by atoms with Crippen LogP contribution in [0.5, 0.6) is 0 Å². The monoisotopic (exact) mass is 397 g/mol. The van der Waals surface area contributed by atoms with E-state index in [0.29, 0.717) is 39.1 Å². The Kier molecular flexibility index (Phi) is 8.32. The summed E-state index contributed by atoms with van der Waals surface area (Å²) in [7, 11) is 0. The van der Waals surface area contributed by atoms with Crippen LogP contribution in [0.2, 0.25) is 0 Å². The van der Waals surface area contributed by atoms with Crippen LogP contribution in [0.15, 0.2) is 18.2 Å². The molecule has 1 atom stereocenters. The van der Waals surface area contributed by atoms with E-state index in [2.05, 4.69) is 5.32 Å². The van der Waals surface area contributed by atoms with Gasteiger partial charge in [0.05, 0.1) is 6.10 Å². The molecule has 0 aliphatic carbocycles. The summed E-state index contributed by atoms with van der Waals surface area (Å²) < 4.78 is 33.5. The molecule has 1 heterocycles. The first-order chi connectivity index (χ1) is 13.3. The van der Waals surface area contributed by atoms with Crippen molar-refractivity contribution in [3.05, 3.63) is 35.4 Å². The Bertz CT molecular complexity index is 656. The smallest absolute Gasteiger partial charge is 0.257 e. The fraction of sp³-hybridized carbons (Fsp3) is 0.600. The van der Waals surface area contributed by atoms with Crippen LogP contribution in [0, 0.1) is 17.6 Å². The lowest BCUT2D eigenvalue weighted by atomic mass is 9.99. The number of rotatable bonds is 8. The standard InChI is InChI=1S/C20H29F2N3O3/c1-13(2)18(24-19(26)17-15(21)5-3-6-16(17)22)20(27)25-10-7-14(8-11-25)28-12-4-9-23/h3,5-6,13-14,18H,4,7-12,23H2,1-2H3,(H,24,26). The van der Waals surface area contributed by atoms with Gasteiger partial charge in [-0.2, -0.15) is 0 Å². The minimum absolute atomic E-state index is 0.0928. The topological polar surface area (TPSA) is 84.7 Å². The molecule has 3 N–H and O–H groups in total. The van der Waals surface area contributed by atoms with E-state index in [1.165, 1.54) is 6.07 Å². The summed E-state index contributed by atoms with van der Waals surface area (Å²) in [6.07, 6.45) is 2.30. The molecule has 28 heavy (non-hydrogen) atoms. The average molecular weight is 397 g/mol. The van der Waals surface area contributed by atoms with Crippen molar-refractivity contribution < 1.29 is 23.1 Å². The van der Waals surface area contributed by atoms with Crippen LogP contribution in [0.1, 0.15) is 43.5 Å². The highest BCUT2D eigenvalue weighted by Crippen LogP contribution is 2.18. The first kappa shape index (κ1) is 22.2. The van der Waals surface area contributed by atoms with Crippen LogP contribution in [0.25, 0.3) is 0 Å². The Morgan fingerprint density at radius 3 is 2.39 bits per heavy atom. The van der Waals surface area contributed by atoms with E-state index in [4.69, 9.17) is 10.5 Å². The van der Waals surface area contributed by atoms with Crippen molar-refractivity contribution >= 4 is 11.8 Å². The summed E-state index contributed by atoms with van der Waals surface area (Å²) in [5.74, 6) is -3.32. The first-order valence-electron chi connectivity index (χ1n) is 9.70. The molecule has 1 aromatic rings. The summed E-state index contributed by atoms with van der Waals surface area (Å²) in [6, 6.07) is 2.35. The number of likely N-dealkylation sites (tertiary alicyclic amines) is 1. The molecule has 1 aromatic carbocycles. The third-order valence-corrected chi connectivity index (χ3v) is 4.86. The first-order valence-corrected chi connectivity index (χ1v) is 9.70. The molecule has 1 aliphatic rings. The molecule has 0 bridgehead atoms. The van der Waals surface area contributed by atoms with Gasteiger partial charge in [0.1, 0.15) is 23.2 Å². The molecule has 0 saturated carbocycles. The highest BCUT2D eigenvalue weighted by Gasteiger charge is 2.32. The second-order valence-electron chi connectivity index (χ2n) is 7.33. The van der Waals surface area contributed by atoms with Gasteiger partial charge in [-0.3, -0.25) is 9.59 Å². The number of piperidine rings is 1. The summed E-state index contributed by atoms with van der Waals surface area (Å²) >= 11 is 0. The summed E-state index contributed by atoms with van der Waals surface area (Å²) in [5, 5.41) is 2.51. The van der Waals surface area contributed by atoms with E-state index >= 15 is 0 Å². The lowest BCUT2D eigenvalue weighted by molar-refractivity contribution is -0.137. The van der Waals surface area contributed by atoms with Crippen LogP contribution in [0.3, 0.4) is 0 Å². The van der Waals surface area contributed by atoms with E-state index < -0.39 is 29.1 Å². The van der Waals surface area contributed by atoms with Crippen LogP contribution in [-0.2, 0) is 9.53 Å². The van der Waals surface area contributed by atoms with Crippen molar-refractivity contribution in [2.75, 3.05) is 26.2 Å². The number of hydrogen-bond donors (Lipinski definition) is 2. The van der Waals surface area contributed by atoms with Crippen LogP contribution in [-0.4, -0.2) is 55.1 Å². The number of nitrogens with zero attached hydrogens (tertiary/aromatic N) is 1. The summed E-state index contributed by atoms with van der Waals surface area (Å²) in [6.45, 7) is 5.77. The quantitative estimate of drug-likeness (QED) is 0.658. The molecule has 8 heteroatoms. The molecule has 0 radical (unpaired) electrons. The molecular weight excluding hydrogens is 368 g/mol. The Morgan fingerprint density at radius 2 is 1.86 bits per heavy atom. The number of nitrogens with one attached hydrogen (secondary N) is 1. The second-order valence-corrected chi connectivity index (χ2v) is 7.33. The Labute approximate surface area is 164 Å². The van der Waals surface area contributed by atoms with Crippen molar-refractivity contribution in [2.45, 2.75) is 45.3 Å². The van der Waals surface area contributed by atoms with Crippen LogP contribution < -0.4 is 11.1 Å². The molecule has 1 unspecified atom stereocenters. The Morgan fingerprint density at radius 1 is 1.25 bits per heavy atom. The van der Waals surface area contributed by atoms with Gasteiger partial charge in [0, 0.05) is 19.7 Å². The average Bonchev–Trinajstić information content (AvgIpc) is 2.66. The molecule has 2 amide bonds. The van der Waals surface area contributed by atoms with Crippen molar-refractivity contribution in [2.24, 2.45) is 11.7 Å². The van der Waals surface area contributed by atoms with Crippen LogP contribution in [0.4, 0.5) is 8.78 Å². The number of ether oxygens (including phenoxy) is 1. The lowest BCUT2D eigenvalue weighted by Crippen LogP contribution is -2.53. The predicted molar refractivity (Wildman–Crippen MR) is 102 cm³/mol. The van der Waals surface area contributed by atoms with Gasteiger partial charge in [-0.15, -0.1) is 0 Å². The molecule has 1 saturated heterocycles. The van der Waals surface area contributed by atoms with Crippen molar-refractivity contribution in [1.82, 2.24) is 10.2 Å². The normalized spacial score (nSPS) is 16.3.